The third-order valence-corrected chi connectivity index (χ3v) is 7.94. The topological polar surface area (TPSA) is 73.8 Å². The van der Waals surface area contributed by atoms with E-state index in [1.807, 2.05) is 19.9 Å². The Bertz CT molecular complexity index is 1130. The van der Waals surface area contributed by atoms with Gasteiger partial charge in [0.15, 0.2) is 0 Å². The van der Waals surface area contributed by atoms with Crippen molar-refractivity contribution in [3.63, 3.8) is 0 Å². The Labute approximate surface area is 198 Å². The Morgan fingerprint density at radius 2 is 1.71 bits per heavy atom. The molecule has 1 aromatic carbocycles. The van der Waals surface area contributed by atoms with E-state index in [9.17, 15) is 26.4 Å². The molecule has 34 heavy (non-hydrogen) atoms. The van der Waals surface area contributed by atoms with Crippen LogP contribution in [0.5, 0.6) is 0 Å². The molecule has 0 radical (unpaired) electrons. The normalized spacial score (nSPS) is 17.6. The SMILES string of the molecule is CCN(CC)c1ccc(C(=O)N2CCN(S(=O)(=O)c3ccc(C(F)(F)F)cc3)CC2C)c(C)n1. The minimum atomic E-state index is -4.54. The monoisotopic (exact) mass is 498 g/mol. The predicted molar refractivity (Wildman–Crippen MR) is 123 cm³/mol. The first-order chi connectivity index (χ1) is 15.9. The highest BCUT2D eigenvalue weighted by Crippen LogP contribution is 2.30. The summed E-state index contributed by atoms with van der Waals surface area (Å²) in [5.41, 5.74) is 0.148. The number of carbonyl (C=O) groups excluding carboxylic acids is 1. The molecular formula is C23H29F3N4O3S. The fraction of sp³-hybridized carbons (Fsp3) is 0.478. The van der Waals surface area contributed by atoms with E-state index in [2.05, 4.69) is 9.88 Å². The molecule has 1 atom stereocenters. The highest BCUT2D eigenvalue weighted by molar-refractivity contribution is 7.89. The fourth-order valence-corrected chi connectivity index (χ4v) is 5.57. The molecule has 1 aliphatic rings. The van der Waals surface area contributed by atoms with Gasteiger partial charge in [-0.3, -0.25) is 4.79 Å². The van der Waals surface area contributed by atoms with Crippen LogP contribution in [0, 0.1) is 6.92 Å². The molecule has 2 heterocycles. The molecule has 1 aromatic heterocycles. The van der Waals surface area contributed by atoms with Gasteiger partial charge in [-0.05, 0) is 64.1 Å². The second-order valence-electron chi connectivity index (χ2n) is 8.21. The van der Waals surface area contributed by atoms with Gasteiger partial charge in [-0.1, -0.05) is 0 Å². The van der Waals surface area contributed by atoms with Gasteiger partial charge in [-0.2, -0.15) is 17.5 Å². The first-order valence-corrected chi connectivity index (χ1v) is 12.5. The van der Waals surface area contributed by atoms with Crippen molar-refractivity contribution in [1.82, 2.24) is 14.2 Å². The van der Waals surface area contributed by atoms with Crippen molar-refractivity contribution in [3.8, 4) is 0 Å². The number of halogens is 3. The standard InChI is InChI=1S/C23H29F3N4O3S/c1-5-28(6-2)21-12-11-20(17(4)27-21)22(31)30-14-13-29(15-16(30)3)34(32,33)19-9-7-18(8-10-19)23(24,25)26/h7-12,16H,5-6,13-15H2,1-4H3. The van der Waals surface area contributed by atoms with Crippen LogP contribution in [-0.2, 0) is 16.2 Å². The highest BCUT2D eigenvalue weighted by atomic mass is 32.2. The van der Waals surface area contributed by atoms with Crippen LogP contribution in [0.15, 0.2) is 41.3 Å². The van der Waals surface area contributed by atoms with Crippen LogP contribution in [0.25, 0.3) is 0 Å². The van der Waals surface area contributed by atoms with Gasteiger partial charge >= 0.3 is 6.18 Å². The van der Waals surface area contributed by atoms with E-state index in [0.29, 0.717) is 11.3 Å². The molecule has 1 saturated heterocycles. The number of rotatable bonds is 6. The molecule has 11 heteroatoms. The summed E-state index contributed by atoms with van der Waals surface area (Å²) in [6, 6.07) is 6.58. The van der Waals surface area contributed by atoms with Crippen molar-refractivity contribution in [2.45, 2.75) is 44.8 Å². The van der Waals surface area contributed by atoms with Crippen LogP contribution in [0.4, 0.5) is 19.0 Å². The van der Waals surface area contributed by atoms with Crippen LogP contribution < -0.4 is 4.90 Å². The Morgan fingerprint density at radius 1 is 1.09 bits per heavy atom. The van der Waals surface area contributed by atoms with Gasteiger partial charge in [0.05, 0.1) is 21.7 Å². The van der Waals surface area contributed by atoms with Crippen LogP contribution in [0.1, 0.15) is 42.4 Å². The van der Waals surface area contributed by atoms with Crippen molar-refractivity contribution in [2.24, 2.45) is 0 Å². The molecule has 0 N–H and O–H groups in total. The predicted octanol–water partition coefficient (Wildman–Crippen LogP) is 3.79. The zero-order chi connectivity index (χ0) is 25.3. The Kier molecular flexibility index (Phi) is 7.56. The number of piperazine rings is 1. The molecule has 7 nitrogen and oxygen atoms in total. The third-order valence-electron chi connectivity index (χ3n) is 6.06. The molecule has 3 rings (SSSR count). The number of nitrogens with zero attached hydrogens (tertiary/aromatic N) is 4. The number of benzene rings is 1. The van der Waals surface area contributed by atoms with Gasteiger partial charge < -0.3 is 9.80 Å². The van der Waals surface area contributed by atoms with Crippen LogP contribution >= 0.6 is 0 Å². The summed E-state index contributed by atoms with van der Waals surface area (Å²) in [6.45, 7) is 9.42. The van der Waals surface area contributed by atoms with E-state index in [1.54, 1.807) is 24.8 Å². The van der Waals surface area contributed by atoms with Crippen molar-refractivity contribution in [2.75, 3.05) is 37.6 Å². The number of sulfonamides is 1. The highest BCUT2D eigenvalue weighted by Gasteiger charge is 2.36. The van der Waals surface area contributed by atoms with Gasteiger partial charge in [0, 0.05) is 38.8 Å². The second kappa shape index (κ2) is 9.91. The van der Waals surface area contributed by atoms with Gasteiger partial charge in [-0.15, -0.1) is 0 Å². The quantitative estimate of drug-likeness (QED) is 0.606. The summed E-state index contributed by atoms with van der Waals surface area (Å²) < 4.78 is 65.6. The van der Waals surface area contributed by atoms with E-state index < -0.39 is 27.8 Å². The molecule has 0 saturated carbocycles. The largest absolute Gasteiger partial charge is 0.416 e. The number of aryl methyl sites for hydroxylation is 1. The number of amides is 1. The van der Waals surface area contributed by atoms with E-state index >= 15 is 0 Å². The summed E-state index contributed by atoms with van der Waals surface area (Å²) in [5.74, 6) is 0.565. The zero-order valence-corrected chi connectivity index (χ0v) is 20.4. The van der Waals surface area contributed by atoms with Gasteiger partial charge in [0.1, 0.15) is 5.82 Å². The Balaban J connectivity index is 1.74. The number of alkyl halides is 3. The Hall–Kier alpha value is -2.66. The lowest BCUT2D eigenvalue weighted by Crippen LogP contribution is -2.55. The molecule has 0 bridgehead atoms. The Morgan fingerprint density at radius 3 is 2.21 bits per heavy atom. The van der Waals surface area contributed by atoms with E-state index in [1.165, 1.54) is 4.31 Å². The summed E-state index contributed by atoms with van der Waals surface area (Å²) in [7, 11) is -3.99. The van der Waals surface area contributed by atoms with Crippen LogP contribution in [0.3, 0.4) is 0 Å². The molecule has 0 spiro atoms. The molecule has 0 aliphatic carbocycles. The van der Waals surface area contributed by atoms with E-state index in [0.717, 1.165) is 43.2 Å². The maximum absolute atomic E-state index is 13.2. The number of pyridine rings is 1. The summed E-state index contributed by atoms with van der Waals surface area (Å²) in [4.78, 5) is 21.3. The first kappa shape index (κ1) is 26.0. The number of aromatic nitrogens is 1. The lowest BCUT2D eigenvalue weighted by molar-refractivity contribution is -0.137. The zero-order valence-electron chi connectivity index (χ0n) is 19.6. The minimum Gasteiger partial charge on any atom is -0.357 e. The molecule has 1 unspecified atom stereocenters. The summed E-state index contributed by atoms with van der Waals surface area (Å²) in [6.07, 6.45) is -4.54. The van der Waals surface area contributed by atoms with Gasteiger partial charge in [0.2, 0.25) is 10.0 Å². The van der Waals surface area contributed by atoms with Crippen molar-refractivity contribution < 1.29 is 26.4 Å². The number of hydrogen-bond acceptors (Lipinski definition) is 5. The van der Waals surface area contributed by atoms with E-state index in [-0.39, 0.29) is 30.4 Å². The van der Waals surface area contributed by atoms with Crippen LogP contribution in [0.2, 0.25) is 0 Å². The molecule has 1 amide bonds. The average molecular weight is 499 g/mol. The van der Waals surface area contributed by atoms with Crippen molar-refractivity contribution in [1.29, 1.82) is 0 Å². The van der Waals surface area contributed by atoms with Crippen LogP contribution in [-0.4, -0.2) is 67.3 Å². The average Bonchev–Trinajstić information content (AvgIpc) is 2.79. The smallest absolute Gasteiger partial charge is 0.357 e. The van der Waals surface area contributed by atoms with Gasteiger partial charge in [0.25, 0.3) is 5.91 Å². The molecule has 186 valence electrons. The summed E-state index contributed by atoms with van der Waals surface area (Å²) >= 11 is 0. The maximum atomic E-state index is 13.2. The van der Waals surface area contributed by atoms with Gasteiger partial charge in [-0.25, -0.2) is 13.4 Å². The molecule has 1 fully saturated rings. The molecule has 2 aromatic rings. The van der Waals surface area contributed by atoms with Crippen molar-refractivity contribution >= 4 is 21.7 Å². The lowest BCUT2D eigenvalue weighted by atomic mass is 10.1. The fourth-order valence-electron chi connectivity index (χ4n) is 4.06. The minimum absolute atomic E-state index is 0.0408. The van der Waals surface area contributed by atoms with E-state index in [4.69, 9.17) is 0 Å². The van der Waals surface area contributed by atoms with Crippen molar-refractivity contribution in [3.05, 3.63) is 53.2 Å². The molecular weight excluding hydrogens is 469 g/mol. The number of hydrogen-bond donors (Lipinski definition) is 0. The first-order valence-electron chi connectivity index (χ1n) is 11.1. The maximum Gasteiger partial charge on any atom is 0.416 e. The lowest BCUT2D eigenvalue weighted by Gasteiger charge is -2.39. The molecule has 1 aliphatic heterocycles. The number of anilines is 1. The number of carbonyl (C=O) groups is 1. The third kappa shape index (κ3) is 5.20. The second-order valence-corrected chi connectivity index (χ2v) is 10.1. The summed E-state index contributed by atoms with van der Waals surface area (Å²) in [5, 5.41) is 0.